The Balaban J connectivity index is 0.000000608. The molecule has 4 rings (SSSR count). The molecule has 228 valence electrons. The van der Waals surface area contributed by atoms with Crippen molar-refractivity contribution >= 4 is 34.8 Å². The van der Waals surface area contributed by atoms with Crippen molar-refractivity contribution in [3.8, 4) is 11.5 Å². The SMILES string of the molecule is CCCCNC(=S)Oc1ccc(F)[c-]c1F.CCCCNC(=S)Oc1ccc(F)[c-]c1F.[C-]1=CC=CC1.[C-]1=CC=CC1.[Ti+4]. The van der Waals surface area contributed by atoms with Gasteiger partial charge in [-0.1, -0.05) is 26.7 Å². The normalized spacial score (nSPS) is 11.5. The molecule has 4 nitrogen and oxygen atoms in total. The Morgan fingerprint density at radius 2 is 1.12 bits per heavy atom. The number of hydrogen-bond acceptors (Lipinski definition) is 4. The largest absolute Gasteiger partial charge is 4.00 e. The molecule has 0 unspecified atom stereocenters. The third-order valence-electron chi connectivity index (χ3n) is 4.83. The van der Waals surface area contributed by atoms with Crippen molar-refractivity contribution in [2.45, 2.75) is 52.4 Å². The Kier molecular flexibility index (Phi) is 24.0. The second-order valence-electron chi connectivity index (χ2n) is 8.31. The van der Waals surface area contributed by atoms with Crippen molar-refractivity contribution in [1.82, 2.24) is 10.6 Å². The number of rotatable bonds is 8. The molecule has 0 amide bonds. The summed E-state index contributed by atoms with van der Waals surface area (Å²) in [5, 5.41) is 5.77. The van der Waals surface area contributed by atoms with Crippen molar-refractivity contribution in [1.29, 1.82) is 0 Å². The molecule has 0 heterocycles. The molecule has 0 radical (unpaired) electrons. The molecule has 0 saturated carbocycles. The van der Waals surface area contributed by atoms with Crippen molar-refractivity contribution in [3.05, 3.63) is 108 Å². The molecule has 11 heteroatoms. The summed E-state index contributed by atoms with van der Waals surface area (Å²) < 4.78 is 61.2. The molecular formula is C32H34F4N2O2S2Ti. The molecule has 2 aliphatic rings. The van der Waals surface area contributed by atoms with Gasteiger partial charge in [0.15, 0.2) is 0 Å². The maximum atomic E-state index is 13.1. The maximum Gasteiger partial charge on any atom is 4.00 e. The van der Waals surface area contributed by atoms with E-state index in [4.69, 9.17) is 33.9 Å². The molecule has 0 atom stereocenters. The molecule has 2 N–H and O–H groups in total. The number of thiocarbonyl (C=S) groups is 2. The third-order valence-corrected chi connectivity index (χ3v) is 5.28. The summed E-state index contributed by atoms with van der Waals surface area (Å²) in [6.45, 7) is 5.42. The molecule has 0 bridgehead atoms. The van der Waals surface area contributed by atoms with E-state index in [9.17, 15) is 17.6 Å². The first-order valence-corrected chi connectivity index (χ1v) is 14.2. The predicted octanol–water partition coefficient (Wildman–Crippen LogP) is 8.25. The van der Waals surface area contributed by atoms with Crippen molar-refractivity contribution in [2.75, 3.05) is 13.1 Å². The average molecular weight is 667 g/mol. The minimum absolute atomic E-state index is 0. The summed E-state index contributed by atoms with van der Waals surface area (Å²) in [5.41, 5.74) is 0. The zero-order valence-corrected chi connectivity index (χ0v) is 27.3. The van der Waals surface area contributed by atoms with E-state index in [-0.39, 0.29) is 43.6 Å². The van der Waals surface area contributed by atoms with Gasteiger partial charge in [-0.2, -0.15) is 12.2 Å². The van der Waals surface area contributed by atoms with Gasteiger partial charge < -0.3 is 20.1 Å². The van der Waals surface area contributed by atoms with Crippen LogP contribution in [-0.4, -0.2) is 23.4 Å². The summed E-state index contributed by atoms with van der Waals surface area (Å²) in [6, 6.07) is 8.21. The fourth-order valence-corrected chi connectivity index (χ4v) is 3.09. The van der Waals surface area contributed by atoms with Gasteiger partial charge in [-0.05, 0) is 37.3 Å². The summed E-state index contributed by atoms with van der Waals surface area (Å²) in [6.07, 6.45) is 23.9. The molecule has 2 aromatic rings. The van der Waals surface area contributed by atoms with Gasteiger partial charge in [0.25, 0.3) is 0 Å². The second kappa shape index (κ2) is 25.7. The van der Waals surface area contributed by atoms with Crippen LogP contribution in [0, 0.1) is 47.6 Å². The van der Waals surface area contributed by atoms with Crippen LogP contribution in [0.2, 0.25) is 0 Å². The number of ether oxygens (including phenoxy) is 2. The van der Waals surface area contributed by atoms with Crippen molar-refractivity contribution in [2.24, 2.45) is 0 Å². The zero-order chi connectivity index (χ0) is 31.0. The summed E-state index contributed by atoms with van der Waals surface area (Å²) >= 11 is 9.67. The van der Waals surface area contributed by atoms with E-state index in [1.54, 1.807) is 0 Å². The molecular weight excluding hydrogens is 632 g/mol. The molecule has 43 heavy (non-hydrogen) atoms. The predicted molar refractivity (Wildman–Crippen MR) is 166 cm³/mol. The second-order valence-corrected chi connectivity index (χ2v) is 9.06. The number of unbranched alkanes of at least 4 members (excludes halogenated alkanes) is 2. The first-order chi connectivity index (χ1) is 20.3. The molecule has 0 aromatic heterocycles. The quantitative estimate of drug-likeness (QED) is 0.0973. The van der Waals surface area contributed by atoms with E-state index in [0.29, 0.717) is 13.1 Å². The fraction of sp³-hybridized carbons (Fsp3) is 0.312. The van der Waals surface area contributed by atoms with Crippen LogP contribution in [0.5, 0.6) is 11.5 Å². The fourth-order valence-electron chi connectivity index (χ4n) is 2.70. The molecule has 0 saturated heterocycles. The van der Waals surface area contributed by atoms with Crippen LogP contribution in [0.4, 0.5) is 17.6 Å². The summed E-state index contributed by atoms with van der Waals surface area (Å²) in [4.78, 5) is 0. The topological polar surface area (TPSA) is 42.5 Å². The first kappa shape index (κ1) is 40.2. The van der Waals surface area contributed by atoms with E-state index in [1.165, 1.54) is 12.1 Å². The average Bonchev–Trinajstić information content (AvgIpc) is 3.73. The minimum atomic E-state index is -0.889. The molecule has 0 aliphatic heterocycles. The zero-order valence-electron chi connectivity index (χ0n) is 24.1. The van der Waals surface area contributed by atoms with E-state index in [1.807, 2.05) is 50.3 Å². The van der Waals surface area contributed by atoms with E-state index in [2.05, 4.69) is 34.9 Å². The van der Waals surface area contributed by atoms with Gasteiger partial charge in [-0.15, -0.1) is 49.2 Å². The summed E-state index contributed by atoms with van der Waals surface area (Å²) in [7, 11) is 0. The van der Waals surface area contributed by atoms with Gasteiger partial charge in [-0.3, -0.25) is 12.2 Å². The number of allylic oxidation sites excluding steroid dienone is 8. The van der Waals surface area contributed by atoms with Crippen LogP contribution >= 0.6 is 24.4 Å². The number of hydrogen-bond donors (Lipinski definition) is 2. The number of halogens is 4. The van der Waals surface area contributed by atoms with Crippen molar-refractivity contribution in [3.63, 3.8) is 0 Å². The first-order valence-electron chi connectivity index (χ1n) is 13.4. The Labute approximate surface area is 278 Å². The van der Waals surface area contributed by atoms with Gasteiger partial charge in [-0.25, -0.2) is 41.9 Å². The van der Waals surface area contributed by atoms with E-state index < -0.39 is 23.3 Å². The van der Waals surface area contributed by atoms with Crippen LogP contribution in [0.15, 0.2) is 60.7 Å². The van der Waals surface area contributed by atoms with Crippen LogP contribution < -0.4 is 20.1 Å². The van der Waals surface area contributed by atoms with E-state index in [0.717, 1.165) is 50.7 Å². The number of benzene rings is 2. The van der Waals surface area contributed by atoms with Crippen LogP contribution in [0.1, 0.15) is 52.4 Å². The molecule has 2 aromatic carbocycles. The van der Waals surface area contributed by atoms with Gasteiger partial charge in [0.2, 0.25) is 10.3 Å². The summed E-state index contributed by atoms with van der Waals surface area (Å²) in [5.74, 6) is -3.57. The van der Waals surface area contributed by atoms with Gasteiger partial charge >= 0.3 is 21.7 Å². The van der Waals surface area contributed by atoms with Gasteiger partial charge in [0, 0.05) is 24.7 Å². The smallest absolute Gasteiger partial charge is 0.493 e. The van der Waals surface area contributed by atoms with Crippen LogP contribution in [0.3, 0.4) is 0 Å². The Bertz CT molecular complexity index is 1110. The van der Waals surface area contributed by atoms with Crippen LogP contribution in [-0.2, 0) is 21.7 Å². The minimum Gasteiger partial charge on any atom is -0.493 e. The monoisotopic (exact) mass is 666 g/mol. The maximum absolute atomic E-state index is 13.1. The van der Waals surface area contributed by atoms with Gasteiger partial charge in [0.05, 0.1) is 23.1 Å². The standard InChI is InChI=1S/2C11H12F2NOS.2C5H5.Ti/c2*1-2-3-6-14-11(16)15-10-5-4-8(12)7-9(10)13;2*1-2-4-5-3-1;/h2*4-5H,2-3,6H2,1H3,(H,14,16);2*1-3H,4H2;/q4*-1;+4. The Morgan fingerprint density at radius 1 is 0.721 bits per heavy atom. The van der Waals surface area contributed by atoms with Gasteiger partial charge in [0.1, 0.15) is 0 Å². The van der Waals surface area contributed by atoms with Crippen molar-refractivity contribution < 1.29 is 48.8 Å². The molecule has 0 fully saturated rings. The third kappa shape index (κ3) is 20.7. The van der Waals surface area contributed by atoms with E-state index >= 15 is 0 Å². The Hall–Kier alpha value is -2.79. The Morgan fingerprint density at radius 3 is 1.37 bits per heavy atom. The van der Waals surface area contributed by atoms with Crippen LogP contribution in [0.25, 0.3) is 0 Å². The molecule has 2 aliphatic carbocycles. The molecule has 0 spiro atoms. The number of nitrogens with one attached hydrogen (secondary N) is 2.